The molecule has 0 heterocycles. The minimum atomic E-state index is -0.288. The van der Waals surface area contributed by atoms with Gasteiger partial charge in [-0.2, -0.15) is 0 Å². The molecule has 23 heavy (non-hydrogen) atoms. The molecule has 0 N–H and O–H groups in total. The van der Waals surface area contributed by atoms with E-state index in [1.165, 1.54) is 5.56 Å². The quantitative estimate of drug-likeness (QED) is 0.674. The molecule has 0 aliphatic rings. The maximum Gasteiger partial charge on any atom is 0.309 e. The van der Waals surface area contributed by atoms with E-state index in [1.54, 1.807) is 7.11 Å². The van der Waals surface area contributed by atoms with Gasteiger partial charge in [0.25, 0.3) is 0 Å². The van der Waals surface area contributed by atoms with Crippen LogP contribution in [-0.2, 0) is 16.1 Å². The molecule has 0 aromatic heterocycles. The molecular formula is C18H19BrO4. The summed E-state index contributed by atoms with van der Waals surface area (Å²) >= 11 is 3.40. The summed E-state index contributed by atoms with van der Waals surface area (Å²) in [6, 6.07) is 13.3. The van der Waals surface area contributed by atoms with Crippen LogP contribution in [0, 0.1) is 6.92 Å². The van der Waals surface area contributed by atoms with Crippen LogP contribution in [0.1, 0.15) is 17.5 Å². The highest BCUT2D eigenvalue weighted by Crippen LogP contribution is 2.25. The number of methoxy groups -OCH3 is 1. The van der Waals surface area contributed by atoms with E-state index in [4.69, 9.17) is 14.2 Å². The van der Waals surface area contributed by atoms with Gasteiger partial charge in [-0.05, 0) is 52.7 Å². The van der Waals surface area contributed by atoms with Crippen molar-refractivity contribution in [2.75, 3.05) is 13.7 Å². The van der Waals surface area contributed by atoms with Crippen molar-refractivity contribution in [3.63, 3.8) is 0 Å². The zero-order valence-corrected chi connectivity index (χ0v) is 14.8. The molecule has 0 bridgehead atoms. The number of halogens is 1. The van der Waals surface area contributed by atoms with E-state index in [2.05, 4.69) is 15.9 Å². The molecule has 0 fully saturated rings. The molecule has 2 aromatic rings. The van der Waals surface area contributed by atoms with Crippen LogP contribution in [0.4, 0.5) is 0 Å². The Balaban J connectivity index is 1.72. The summed E-state index contributed by atoms with van der Waals surface area (Å²) in [6.45, 7) is 2.54. The van der Waals surface area contributed by atoms with Crippen LogP contribution in [0.3, 0.4) is 0 Å². The molecule has 2 aromatic carbocycles. The van der Waals surface area contributed by atoms with Gasteiger partial charge in [-0.15, -0.1) is 0 Å². The molecule has 0 amide bonds. The Bertz CT molecular complexity index is 653. The van der Waals surface area contributed by atoms with E-state index in [-0.39, 0.29) is 19.0 Å². The van der Waals surface area contributed by atoms with Gasteiger partial charge >= 0.3 is 5.97 Å². The van der Waals surface area contributed by atoms with Crippen LogP contribution < -0.4 is 9.47 Å². The van der Waals surface area contributed by atoms with Gasteiger partial charge in [-0.3, -0.25) is 4.79 Å². The van der Waals surface area contributed by atoms with E-state index in [9.17, 15) is 4.79 Å². The van der Waals surface area contributed by atoms with E-state index in [0.717, 1.165) is 21.5 Å². The number of aryl methyl sites for hydroxylation is 1. The normalized spacial score (nSPS) is 10.2. The third-order valence-corrected chi connectivity index (χ3v) is 3.83. The van der Waals surface area contributed by atoms with Crippen LogP contribution in [0.2, 0.25) is 0 Å². The summed E-state index contributed by atoms with van der Waals surface area (Å²) in [5.74, 6) is 1.21. The SMILES string of the molecule is COc1ccc(COC(=O)CCOc2ccc(C)cc2)cc1Br. The molecule has 0 atom stereocenters. The Kier molecular flexibility index (Phi) is 6.47. The zero-order valence-electron chi connectivity index (χ0n) is 13.2. The van der Waals surface area contributed by atoms with Crippen molar-refractivity contribution in [2.45, 2.75) is 20.0 Å². The summed E-state index contributed by atoms with van der Waals surface area (Å²) in [5.41, 5.74) is 2.06. The maximum absolute atomic E-state index is 11.7. The second kappa shape index (κ2) is 8.58. The lowest BCUT2D eigenvalue weighted by Crippen LogP contribution is -2.10. The fraction of sp³-hybridized carbons (Fsp3) is 0.278. The third kappa shape index (κ3) is 5.60. The van der Waals surface area contributed by atoms with Crippen molar-refractivity contribution in [3.05, 3.63) is 58.1 Å². The van der Waals surface area contributed by atoms with Crippen LogP contribution in [-0.4, -0.2) is 19.7 Å². The predicted molar refractivity (Wildman–Crippen MR) is 91.8 cm³/mol. The Hall–Kier alpha value is -2.01. The van der Waals surface area contributed by atoms with Gasteiger partial charge < -0.3 is 14.2 Å². The lowest BCUT2D eigenvalue weighted by Gasteiger charge is -2.09. The maximum atomic E-state index is 11.7. The largest absolute Gasteiger partial charge is 0.496 e. The van der Waals surface area contributed by atoms with Gasteiger partial charge in [0.1, 0.15) is 18.1 Å². The molecule has 0 saturated heterocycles. The number of rotatable bonds is 7. The van der Waals surface area contributed by atoms with Crippen molar-refractivity contribution in [3.8, 4) is 11.5 Å². The predicted octanol–water partition coefficient (Wildman–Crippen LogP) is 4.28. The average molecular weight is 379 g/mol. The standard InChI is InChI=1S/C18H19BrO4/c1-13-3-6-15(7-4-13)22-10-9-18(20)23-12-14-5-8-17(21-2)16(19)11-14/h3-8,11H,9-10,12H2,1-2H3. The highest BCUT2D eigenvalue weighted by atomic mass is 79.9. The number of carbonyl (C=O) groups excluding carboxylic acids is 1. The first-order valence-corrected chi connectivity index (χ1v) is 8.05. The van der Waals surface area contributed by atoms with Gasteiger partial charge in [-0.25, -0.2) is 0 Å². The number of carbonyl (C=O) groups is 1. The fourth-order valence-electron chi connectivity index (χ4n) is 1.92. The molecule has 0 aliphatic carbocycles. The molecule has 0 radical (unpaired) electrons. The van der Waals surface area contributed by atoms with Crippen LogP contribution in [0.5, 0.6) is 11.5 Å². The summed E-state index contributed by atoms with van der Waals surface area (Å²) in [6.07, 6.45) is 0.213. The Morgan fingerprint density at radius 2 is 1.87 bits per heavy atom. The third-order valence-electron chi connectivity index (χ3n) is 3.21. The van der Waals surface area contributed by atoms with Gasteiger partial charge in [0.15, 0.2) is 0 Å². The van der Waals surface area contributed by atoms with Gasteiger partial charge in [-0.1, -0.05) is 23.8 Å². The highest BCUT2D eigenvalue weighted by molar-refractivity contribution is 9.10. The average Bonchev–Trinajstić information content (AvgIpc) is 2.55. The lowest BCUT2D eigenvalue weighted by atomic mass is 10.2. The lowest BCUT2D eigenvalue weighted by molar-refractivity contribution is -0.145. The van der Waals surface area contributed by atoms with Crippen LogP contribution in [0.15, 0.2) is 46.9 Å². The monoisotopic (exact) mass is 378 g/mol. The number of hydrogen-bond donors (Lipinski definition) is 0. The van der Waals surface area contributed by atoms with Crippen LogP contribution in [0.25, 0.3) is 0 Å². The summed E-state index contributed by atoms with van der Waals surface area (Å²) < 4.78 is 16.7. The van der Waals surface area contributed by atoms with Crippen molar-refractivity contribution in [2.24, 2.45) is 0 Å². The minimum absolute atomic E-state index is 0.213. The van der Waals surface area contributed by atoms with Gasteiger partial charge in [0.05, 0.1) is 24.6 Å². The zero-order chi connectivity index (χ0) is 16.7. The van der Waals surface area contributed by atoms with Crippen molar-refractivity contribution in [1.82, 2.24) is 0 Å². The number of hydrogen-bond acceptors (Lipinski definition) is 4. The molecule has 0 aliphatic heterocycles. The number of benzene rings is 2. The fourth-order valence-corrected chi connectivity index (χ4v) is 2.51. The molecule has 2 rings (SSSR count). The van der Waals surface area contributed by atoms with Crippen molar-refractivity contribution >= 4 is 21.9 Å². The second-order valence-corrected chi connectivity index (χ2v) is 5.90. The Morgan fingerprint density at radius 3 is 2.52 bits per heavy atom. The molecule has 0 saturated carbocycles. The Morgan fingerprint density at radius 1 is 1.13 bits per heavy atom. The molecule has 0 spiro atoms. The highest BCUT2D eigenvalue weighted by Gasteiger charge is 2.06. The summed E-state index contributed by atoms with van der Waals surface area (Å²) in [7, 11) is 1.61. The molecule has 5 heteroatoms. The smallest absolute Gasteiger partial charge is 0.309 e. The van der Waals surface area contributed by atoms with Gasteiger partial charge in [0, 0.05) is 0 Å². The van der Waals surface area contributed by atoms with Gasteiger partial charge in [0.2, 0.25) is 0 Å². The summed E-state index contributed by atoms with van der Waals surface area (Å²) in [5, 5.41) is 0. The van der Waals surface area contributed by atoms with Crippen LogP contribution >= 0.6 is 15.9 Å². The molecular weight excluding hydrogens is 360 g/mol. The second-order valence-electron chi connectivity index (χ2n) is 5.04. The van der Waals surface area contributed by atoms with E-state index in [0.29, 0.717) is 6.61 Å². The first kappa shape index (κ1) is 17.3. The first-order valence-electron chi connectivity index (χ1n) is 7.26. The van der Waals surface area contributed by atoms with Crippen molar-refractivity contribution in [1.29, 1.82) is 0 Å². The van der Waals surface area contributed by atoms with Crippen molar-refractivity contribution < 1.29 is 19.0 Å². The molecule has 122 valence electrons. The van der Waals surface area contributed by atoms with E-state index >= 15 is 0 Å². The van der Waals surface area contributed by atoms with E-state index in [1.807, 2.05) is 49.4 Å². The topological polar surface area (TPSA) is 44.8 Å². The first-order chi connectivity index (χ1) is 11.1. The summed E-state index contributed by atoms with van der Waals surface area (Å²) in [4.78, 5) is 11.7. The number of ether oxygens (including phenoxy) is 3. The minimum Gasteiger partial charge on any atom is -0.496 e. The number of esters is 1. The Labute approximate surface area is 144 Å². The molecule has 4 nitrogen and oxygen atoms in total. The van der Waals surface area contributed by atoms with E-state index < -0.39 is 0 Å². The molecule has 0 unspecified atom stereocenters.